The summed E-state index contributed by atoms with van der Waals surface area (Å²) in [5.41, 5.74) is 2.35. The molecule has 1 aromatic carbocycles. The third-order valence-corrected chi connectivity index (χ3v) is 4.29. The molecule has 1 aromatic rings. The Balaban J connectivity index is 2.03. The van der Waals surface area contributed by atoms with Crippen molar-refractivity contribution in [3.63, 3.8) is 0 Å². The van der Waals surface area contributed by atoms with E-state index in [-0.39, 0.29) is 5.92 Å². The lowest BCUT2D eigenvalue weighted by atomic mass is 9.97. The van der Waals surface area contributed by atoms with Gasteiger partial charge in [0, 0.05) is 18.0 Å². The highest BCUT2D eigenvalue weighted by molar-refractivity contribution is 6.31. The largest absolute Gasteiger partial charge is 0.303 e. The van der Waals surface area contributed by atoms with E-state index < -0.39 is 0 Å². The van der Waals surface area contributed by atoms with E-state index in [1.807, 2.05) is 6.07 Å². The SMILES string of the molecule is CC(CC=O)c1ccc(CN2CCCCC2)c(Cl)c1. The summed E-state index contributed by atoms with van der Waals surface area (Å²) >= 11 is 6.38. The van der Waals surface area contributed by atoms with E-state index in [2.05, 4.69) is 24.0 Å². The zero-order chi connectivity index (χ0) is 13.7. The van der Waals surface area contributed by atoms with Crippen LogP contribution in [0.5, 0.6) is 0 Å². The number of carbonyl (C=O) groups excluding carboxylic acids is 1. The Hall–Kier alpha value is -0.860. The third kappa shape index (κ3) is 4.05. The van der Waals surface area contributed by atoms with Crippen molar-refractivity contribution < 1.29 is 4.79 Å². The first-order valence-corrected chi connectivity index (χ1v) is 7.53. The molecular formula is C16H22ClNO. The minimum atomic E-state index is 0.249. The van der Waals surface area contributed by atoms with Crippen LogP contribution in [0.4, 0.5) is 0 Å². The van der Waals surface area contributed by atoms with Crippen LogP contribution in [0.2, 0.25) is 5.02 Å². The van der Waals surface area contributed by atoms with Crippen LogP contribution in [0.1, 0.15) is 49.7 Å². The molecule has 1 aliphatic rings. The van der Waals surface area contributed by atoms with Crippen LogP contribution >= 0.6 is 11.6 Å². The molecule has 2 rings (SSSR count). The number of piperidine rings is 1. The molecule has 1 saturated heterocycles. The van der Waals surface area contributed by atoms with E-state index in [1.54, 1.807) is 0 Å². The molecule has 104 valence electrons. The van der Waals surface area contributed by atoms with E-state index in [0.717, 1.165) is 23.4 Å². The predicted molar refractivity (Wildman–Crippen MR) is 79.7 cm³/mol. The van der Waals surface area contributed by atoms with E-state index >= 15 is 0 Å². The molecule has 1 unspecified atom stereocenters. The van der Waals surface area contributed by atoms with E-state index in [4.69, 9.17) is 11.6 Å². The first kappa shape index (κ1) is 14.5. The summed E-state index contributed by atoms with van der Waals surface area (Å²) in [4.78, 5) is 13.0. The summed E-state index contributed by atoms with van der Waals surface area (Å²) in [5.74, 6) is 0.249. The average molecular weight is 280 g/mol. The molecule has 3 heteroatoms. The van der Waals surface area contributed by atoms with Crippen molar-refractivity contribution in [3.05, 3.63) is 34.3 Å². The number of hydrogen-bond donors (Lipinski definition) is 0. The molecule has 0 aliphatic carbocycles. The number of likely N-dealkylation sites (tertiary alicyclic amines) is 1. The van der Waals surface area contributed by atoms with Crippen molar-refractivity contribution in [2.75, 3.05) is 13.1 Å². The molecule has 19 heavy (non-hydrogen) atoms. The maximum Gasteiger partial charge on any atom is 0.120 e. The molecule has 1 heterocycles. The Morgan fingerprint density at radius 2 is 2.05 bits per heavy atom. The van der Waals surface area contributed by atoms with Gasteiger partial charge in [-0.25, -0.2) is 0 Å². The third-order valence-electron chi connectivity index (χ3n) is 3.94. The van der Waals surface area contributed by atoms with Gasteiger partial charge in [0.25, 0.3) is 0 Å². The number of nitrogens with zero attached hydrogens (tertiary/aromatic N) is 1. The molecule has 1 atom stereocenters. The van der Waals surface area contributed by atoms with E-state index in [1.165, 1.54) is 37.9 Å². The summed E-state index contributed by atoms with van der Waals surface area (Å²) in [7, 11) is 0. The summed E-state index contributed by atoms with van der Waals surface area (Å²) in [5, 5.41) is 0.834. The molecule has 0 saturated carbocycles. The standard InChI is InChI=1S/C16H22ClNO/c1-13(7-10-19)14-5-6-15(16(17)11-14)12-18-8-3-2-4-9-18/h5-6,10-11,13H,2-4,7-9,12H2,1H3. The summed E-state index contributed by atoms with van der Waals surface area (Å²) in [6.07, 6.45) is 5.48. The monoisotopic (exact) mass is 279 g/mol. The van der Waals surface area contributed by atoms with Gasteiger partial charge in [-0.1, -0.05) is 37.1 Å². The van der Waals surface area contributed by atoms with Gasteiger partial charge in [0.05, 0.1) is 0 Å². The van der Waals surface area contributed by atoms with Gasteiger partial charge in [-0.05, 0) is 49.0 Å². The second kappa shape index (κ2) is 7.06. The van der Waals surface area contributed by atoms with Crippen LogP contribution in [0.25, 0.3) is 0 Å². The molecule has 0 bridgehead atoms. The lowest BCUT2D eigenvalue weighted by molar-refractivity contribution is -0.108. The Kier molecular flexibility index (Phi) is 5.41. The van der Waals surface area contributed by atoms with Crippen LogP contribution in [0, 0.1) is 0 Å². The van der Waals surface area contributed by atoms with Crippen LogP contribution in [0.3, 0.4) is 0 Å². The zero-order valence-electron chi connectivity index (χ0n) is 11.6. The first-order chi connectivity index (χ1) is 9.20. The number of aldehydes is 1. The van der Waals surface area contributed by atoms with Gasteiger partial charge in [0.2, 0.25) is 0 Å². The molecular weight excluding hydrogens is 258 g/mol. The average Bonchev–Trinajstić information content (AvgIpc) is 2.42. The Morgan fingerprint density at radius 3 is 2.68 bits per heavy atom. The highest BCUT2D eigenvalue weighted by atomic mass is 35.5. The van der Waals surface area contributed by atoms with Crippen molar-refractivity contribution in [3.8, 4) is 0 Å². The molecule has 0 radical (unpaired) electrons. The fraction of sp³-hybridized carbons (Fsp3) is 0.562. The minimum Gasteiger partial charge on any atom is -0.303 e. The lowest BCUT2D eigenvalue weighted by Crippen LogP contribution is -2.29. The van der Waals surface area contributed by atoms with Crippen LogP contribution in [-0.4, -0.2) is 24.3 Å². The summed E-state index contributed by atoms with van der Waals surface area (Å²) < 4.78 is 0. The number of benzene rings is 1. The Labute approximate surface area is 120 Å². The maximum atomic E-state index is 10.6. The normalized spacial score (nSPS) is 18.2. The maximum absolute atomic E-state index is 10.6. The van der Waals surface area contributed by atoms with E-state index in [9.17, 15) is 4.79 Å². The van der Waals surface area contributed by atoms with Crippen molar-refractivity contribution >= 4 is 17.9 Å². The number of rotatable bonds is 5. The Bertz CT molecular complexity index is 427. The molecule has 2 nitrogen and oxygen atoms in total. The van der Waals surface area contributed by atoms with Gasteiger partial charge in [-0.2, -0.15) is 0 Å². The second-order valence-electron chi connectivity index (χ2n) is 5.49. The summed E-state index contributed by atoms with van der Waals surface area (Å²) in [6.45, 7) is 5.37. The smallest absolute Gasteiger partial charge is 0.120 e. The van der Waals surface area contributed by atoms with Crippen molar-refractivity contribution in [2.24, 2.45) is 0 Å². The molecule has 0 amide bonds. The molecule has 0 aromatic heterocycles. The summed E-state index contributed by atoms with van der Waals surface area (Å²) in [6, 6.07) is 6.25. The van der Waals surface area contributed by atoms with Gasteiger partial charge < -0.3 is 4.79 Å². The fourth-order valence-electron chi connectivity index (χ4n) is 2.64. The molecule has 1 aliphatic heterocycles. The van der Waals surface area contributed by atoms with E-state index in [0.29, 0.717) is 6.42 Å². The van der Waals surface area contributed by atoms with Gasteiger partial charge >= 0.3 is 0 Å². The fourth-order valence-corrected chi connectivity index (χ4v) is 2.89. The highest BCUT2D eigenvalue weighted by Crippen LogP contribution is 2.26. The van der Waals surface area contributed by atoms with Crippen LogP contribution in [0.15, 0.2) is 18.2 Å². The van der Waals surface area contributed by atoms with Crippen LogP contribution in [-0.2, 0) is 11.3 Å². The van der Waals surface area contributed by atoms with Crippen LogP contribution < -0.4 is 0 Å². The minimum absolute atomic E-state index is 0.249. The zero-order valence-corrected chi connectivity index (χ0v) is 12.3. The van der Waals surface area contributed by atoms with Gasteiger partial charge in [-0.15, -0.1) is 0 Å². The highest BCUT2D eigenvalue weighted by Gasteiger charge is 2.13. The van der Waals surface area contributed by atoms with Gasteiger partial charge in [-0.3, -0.25) is 4.90 Å². The predicted octanol–water partition coefficient (Wildman–Crippen LogP) is 4.02. The molecule has 1 fully saturated rings. The van der Waals surface area contributed by atoms with Gasteiger partial charge in [0.15, 0.2) is 0 Å². The van der Waals surface area contributed by atoms with Crippen molar-refractivity contribution in [1.82, 2.24) is 4.90 Å². The van der Waals surface area contributed by atoms with Crippen molar-refractivity contribution in [2.45, 2.75) is 45.1 Å². The molecule has 0 N–H and O–H groups in total. The van der Waals surface area contributed by atoms with Gasteiger partial charge in [0.1, 0.15) is 6.29 Å². The quantitative estimate of drug-likeness (QED) is 0.759. The number of halogens is 1. The Morgan fingerprint density at radius 1 is 1.32 bits per heavy atom. The topological polar surface area (TPSA) is 20.3 Å². The number of carbonyl (C=O) groups is 1. The number of hydrogen-bond acceptors (Lipinski definition) is 2. The lowest BCUT2D eigenvalue weighted by Gasteiger charge is -2.27. The first-order valence-electron chi connectivity index (χ1n) is 7.15. The molecule has 0 spiro atoms. The second-order valence-corrected chi connectivity index (χ2v) is 5.90. The van der Waals surface area contributed by atoms with Crippen molar-refractivity contribution in [1.29, 1.82) is 0 Å².